The van der Waals surface area contributed by atoms with Crippen molar-refractivity contribution in [3.8, 4) is 34.2 Å². The number of oxazole rings is 1. The van der Waals surface area contributed by atoms with Crippen LogP contribution in [0.1, 0.15) is 26.7 Å². The first kappa shape index (κ1) is 27.0. The molecule has 10 heteroatoms. The van der Waals surface area contributed by atoms with Gasteiger partial charge in [0.05, 0.1) is 24.4 Å². The number of rotatable bonds is 10. The summed E-state index contributed by atoms with van der Waals surface area (Å²) in [5.74, 6) is 2.92. The van der Waals surface area contributed by atoms with Gasteiger partial charge in [0.2, 0.25) is 11.8 Å². The van der Waals surface area contributed by atoms with E-state index >= 15 is 0 Å². The molecule has 1 amide bonds. The van der Waals surface area contributed by atoms with Gasteiger partial charge in [0.1, 0.15) is 23.7 Å². The number of benzene rings is 1. The summed E-state index contributed by atoms with van der Waals surface area (Å²) in [4.78, 5) is 25.2. The van der Waals surface area contributed by atoms with Gasteiger partial charge in [-0.25, -0.2) is 19.7 Å². The van der Waals surface area contributed by atoms with Crippen LogP contribution in [0, 0.1) is 0 Å². The molecule has 0 atom stereocenters. The van der Waals surface area contributed by atoms with E-state index in [1.807, 2.05) is 69.3 Å². The van der Waals surface area contributed by atoms with Crippen LogP contribution in [-0.4, -0.2) is 46.9 Å². The van der Waals surface area contributed by atoms with E-state index in [0.717, 1.165) is 16.2 Å². The molecule has 0 spiro atoms. The minimum atomic E-state index is -0.542. The molecule has 3 aromatic heterocycles. The summed E-state index contributed by atoms with van der Waals surface area (Å²) < 4.78 is 22.4. The lowest BCUT2D eigenvalue weighted by atomic mass is 10.1. The largest absolute Gasteiger partial charge is 0.492 e. The summed E-state index contributed by atoms with van der Waals surface area (Å²) in [5.41, 5.74) is 1.80. The fraction of sp³-hybridized carbons (Fsp3) is 0.286. The number of pyridine rings is 2. The van der Waals surface area contributed by atoms with Crippen LogP contribution in [0.2, 0.25) is 0 Å². The summed E-state index contributed by atoms with van der Waals surface area (Å²) in [7, 11) is 1.58. The molecule has 1 aromatic carbocycles. The molecule has 0 saturated carbocycles. The molecule has 0 unspecified atom stereocenters. The van der Waals surface area contributed by atoms with Crippen molar-refractivity contribution < 1.29 is 23.4 Å². The molecule has 198 valence electrons. The zero-order chi connectivity index (χ0) is 27.0. The van der Waals surface area contributed by atoms with E-state index in [4.69, 9.17) is 23.6 Å². The lowest BCUT2D eigenvalue weighted by Gasteiger charge is -2.19. The van der Waals surface area contributed by atoms with Crippen molar-refractivity contribution in [1.29, 1.82) is 0 Å². The van der Waals surface area contributed by atoms with Crippen molar-refractivity contribution in [2.75, 3.05) is 20.3 Å². The van der Waals surface area contributed by atoms with E-state index in [0.29, 0.717) is 47.9 Å². The van der Waals surface area contributed by atoms with Crippen LogP contribution in [0.15, 0.2) is 76.4 Å². The summed E-state index contributed by atoms with van der Waals surface area (Å²) in [6.45, 7) is 6.08. The van der Waals surface area contributed by atoms with Gasteiger partial charge in [0, 0.05) is 29.6 Å². The maximum Gasteiger partial charge on any atom is 0.407 e. The van der Waals surface area contributed by atoms with Crippen LogP contribution in [0.4, 0.5) is 4.79 Å². The third-order valence-electron chi connectivity index (χ3n) is 5.03. The fourth-order valence-electron chi connectivity index (χ4n) is 3.37. The first-order chi connectivity index (χ1) is 18.3. The van der Waals surface area contributed by atoms with Gasteiger partial charge in [0.15, 0.2) is 5.76 Å². The standard InChI is InChI=1S/C28H30N4O5S/c1-28(2,3)37-27(33)30-15-16-35-21-11-8-19(9-12-21)26-25(20-10-13-22(34-4)31-17-20)32-23(36-26)18-38-24-7-5-6-14-29-24/h5-14,17H,15-16,18H2,1-4H3,(H,30,33). The number of amides is 1. The van der Waals surface area contributed by atoms with Gasteiger partial charge in [0.25, 0.3) is 0 Å². The van der Waals surface area contributed by atoms with E-state index in [2.05, 4.69) is 15.3 Å². The van der Waals surface area contributed by atoms with Gasteiger partial charge in [-0.05, 0) is 63.2 Å². The highest BCUT2D eigenvalue weighted by Gasteiger charge is 2.18. The minimum Gasteiger partial charge on any atom is -0.492 e. The number of thioether (sulfide) groups is 1. The van der Waals surface area contributed by atoms with Gasteiger partial charge in [-0.15, -0.1) is 0 Å². The Kier molecular flexibility index (Phi) is 8.85. The lowest BCUT2D eigenvalue weighted by Crippen LogP contribution is -2.34. The number of alkyl carbamates (subject to hydrolysis) is 1. The highest BCUT2D eigenvalue weighted by Crippen LogP contribution is 2.35. The summed E-state index contributed by atoms with van der Waals surface area (Å²) in [5, 5.41) is 3.57. The highest BCUT2D eigenvalue weighted by molar-refractivity contribution is 7.98. The number of hydrogen-bond acceptors (Lipinski definition) is 9. The van der Waals surface area contributed by atoms with E-state index < -0.39 is 11.7 Å². The quantitative estimate of drug-likeness (QED) is 0.193. The number of carbonyl (C=O) groups is 1. The van der Waals surface area contributed by atoms with Crippen molar-refractivity contribution >= 4 is 17.9 Å². The first-order valence-electron chi connectivity index (χ1n) is 12.0. The monoisotopic (exact) mass is 534 g/mol. The van der Waals surface area contributed by atoms with Gasteiger partial charge in [-0.2, -0.15) is 0 Å². The van der Waals surface area contributed by atoms with Crippen molar-refractivity contribution in [2.45, 2.75) is 37.2 Å². The molecule has 3 heterocycles. The summed E-state index contributed by atoms with van der Waals surface area (Å²) in [6.07, 6.45) is 3.00. The molecule has 0 bridgehead atoms. The maximum absolute atomic E-state index is 11.8. The van der Waals surface area contributed by atoms with Gasteiger partial charge in [-0.3, -0.25) is 0 Å². The number of carbonyl (C=O) groups excluding carboxylic acids is 1. The van der Waals surface area contributed by atoms with Crippen LogP contribution in [0.25, 0.3) is 22.6 Å². The topological polar surface area (TPSA) is 109 Å². The minimum absolute atomic E-state index is 0.304. The Labute approximate surface area is 226 Å². The molecule has 0 aliphatic rings. The number of ether oxygens (including phenoxy) is 3. The molecule has 0 aliphatic heterocycles. The van der Waals surface area contributed by atoms with E-state index in [-0.39, 0.29) is 0 Å². The van der Waals surface area contributed by atoms with Gasteiger partial charge >= 0.3 is 6.09 Å². The van der Waals surface area contributed by atoms with Crippen LogP contribution >= 0.6 is 11.8 Å². The van der Waals surface area contributed by atoms with Gasteiger partial charge in [-0.1, -0.05) is 17.8 Å². The Morgan fingerprint density at radius 3 is 2.47 bits per heavy atom. The predicted octanol–water partition coefficient (Wildman–Crippen LogP) is 6.00. The number of nitrogens with zero attached hydrogens (tertiary/aromatic N) is 3. The SMILES string of the molecule is COc1ccc(-c2nc(CSc3ccccn3)oc2-c2ccc(OCCNC(=O)OC(C)(C)C)cc2)cn1. The third-order valence-corrected chi connectivity index (χ3v) is 5.96. The maximum atomic E-state index is 11.8. The zero-order valence-corrected chi connectivity index (χ0v) is 22.6. The molecule has 4 aromatic rings. The van der Waals surface area contributed by atoms with Crippen molar-refractivity contribution in [3.05, 3.63) is 72.9 Å². The van der Waals surface area contributed by atoms with E-state index in [9.17, 15) is 4.79 Å². The molecular weight excluding hydrogens is 504 g/mol. The Morgan fingerprint density at radius 2 is 1.82 bits per heavy atom. The molecule has 0 radical (unpaired) electrons. The molecule has 0 fully saturated rings. The molecule has 38 heavy (non-hydrogen) atoms. The second kappa shape index (κ2) is 12.5. The number of hydrogen-bond donors (Lipinski definition) is 1. The molecule has 4 rings (SSSR count). The molecule has 0 saturated heterocycles. The summed E-state index contributed by atoms with van der Waals surface area (Å²) >= 11 is 1.55. The smallest absolute Gasteiger partial charge is 0.407 e. The zero-order valence-electron chi connectivity index (χ0n) is 21.8. The number of aromatic nitrogens is 3. The van der Waals surface area contributed by atoms with Crippen molar-refractivity contribution in [3.63, 3.8) is 0 Å². The lowest BCUT2D eigenvalue weighted by molar-refractivity contribution is 0.0520. The number of methoxy groups -OCH3 is 1. The van der Waals surface area contributed by atoms with Crippen LogP contribution in [0.3, 0.4) is 0 Å². The molecule has 1 N–H and O–H groups in total. The Morgan fingerprint density at radius 1 is 1.03 bits per heavy atom. The average molecular weight is 535 g/mol. The Bertz CT molecular complexity index is 1320. The van der Waals surface area contributed by atoms with Crippen LogP contribution < -0.4 is 14.8 Å². The molecular formula is C28H30N4O5S. The Balaban J connectivity index is 1.46. The van der Waals surface area contributed by atoms with Gasteiger partial charge < -0.3 is 23.9 Å². The number of nitrogens with one attached hydrogen (secondary N) is 1. The van der Waals surface area contributed by atoms with E-state index in [1.165, 1.54) is 0 Å². The predicted molar refractivity (Wildman–Crippen MR) is 145 cm³/mol. The highest BCUT2D eigenvalue weighted by atomic mass is 32.2. The second-order valence-electron chi connectivity index (χ2n) is 9.13. The fourth-order valence-corrected chi connectivity index (χ4v) is 4.07. The van der Waals surface area contributed by atoms with Crippen molar-refractivity contribution in [2.24, 2.45) is 0 Å². The van der Waals surface area contributed by atoms with Crippen LogP contribution in [0.5, 0.6) is 11.6 Å². The normalized spacial score (nSPS) is 11.2. The average Bonchev–Trinajstić information content (AvgIpc) is 3.34. The van der Waals surface area contributed by atoms with Crippen LogP contribution in [-0.2, 0) is 10.5 Å². The molecule has 0 aliphatic carbocycles. The first-order valence-corrected chi connectivity index (χ1v) is 13.0. The molecule has 9 nitrogen and oxygen atoms in total. The van der Waals surface area contributed by atoms with E-state index in [1.54, 1.807) is 37.3 Å². The third kappa shape index (κ3) is 7.72. The Hall–Kier alpha value is -4.05. The van der Waals surface area contributed by atoms with Crippen molar-refractivity contribution in [1.82, 2.24) is 20.3 Å². The second-order valence-corrected chi connectivity index (χ2v) is 10.1. The summed E-state index contributed by atoms with van der Waals surface area (Å²) in [6, 6.07) is 17.0.